The number of nitriles is 1. The summed E-state index contributed by atoms with van der Waals surface area (Å²) >= 11 is 1.76. The molecule has 0 atom stereocenters. The number of hydrogen-bond donors (Lipinski definition) is 0. The van der Waals surface area contributed by atoms with Crippen molar-refractivity contribution >= 4 is 22.4 Å². The number of rotatable bonds is 3. The summed E-state index contributed by atoms with van der Waals surface area (Å²) in [6.07, 6.45) is 3.48. The van der Waals surface area contributed by atoms with Crippen LogP contribution in [0.5, 0.6) is 0 Å². The molecule has 4 heteroatoms. The first kappa shape index (κ1) is 12.6. The van der Waals surface area contributed by atoms with E-state index in [0.717, 1.165) is 23.3 Å². The number of nitrogens with zero attached hydrogens (tertiary/aromatic N) is 3. The largest absolute Gasteiger partial charge is 0.320 e. The Hall–Kier alpha value is -2.12. The molecule has 1 aliphatic carbocycles. The van der Waals surface area contributed by atoms with Crippen LogP contribution in [0, 0.1) is 11.3 Å². The molecule has 1 aromatic carbocycles. The summed E-state index contributed by atoms with van der Waals surface area (Å²) in [4.78, 5) is 6.13. The van der Waals surface area contributed by atoms with Crippen molar-refractivity contribution in [1.29, 1.82) is 5.26 Å². The molecule has 0 saturated heterocycles. The van der Waals surface area contributed by atoms with Crippen molar-refractivity contribution < 1.29 is 0 Å². The standard InChI is InChI=1S/C17H15N3S/c1-2-12-7-8-21-16(12)17-19-14-9-11(10-18)3-6-15(14)20(17)13-4-5-13/h3,6-9,13H,2,4-5H2,1H3. The molecule has 3 aromatic rings. The predicted molar refractivity (Wildman–Crippen MR) is 85.4 cm³/mol. The van der Waals surface area contributed by atoms with Crippen LogP contribution in [-0.4, -0.2) is 9.55 Å². The monoisotopic (exact) mass is 293 g/mol. The highest BCUT2D eigenvalue weighted by molar-refractivity contribution is 7.13. The van der Waals surface area contributed by atoms with Crippen LogP contribution in [0.2, 0.25) is 0 Å². The molecule has 1 aliphatic rings. The Kier molecular flexibility index (Phi) is 2.83. The highest BCUT2D eigenvalue weighted by Gasteiger charge is 2.29. The smallest absolute Gasteiger partial charge is 0.151 e. The predicted octanol–water partition coefficient (Wildman–Crippen LogP) is 4.53. The van der Waals surface area contributed by atoms with E-state index < -0.39 is 0 Å². The first-order valence-corrected chi connectivity index (χ1v) is 8.18. The first-order chi connectivity index (χ1) is 10.3. The summed E-state index contributed by atoms with van der Waals surface area (Å²) in [7, 11) is 0. The molecule has 3 nitrogen and oxygen atoms in total. The normalized spacial score (nSPS) is 14.5. The lowest BCUT2D eigenvalue weighted by Gasteiger charge is -2.07. The summed E-state index contributed by atoms with van der Waals surface area (Å²) in [6.45, 7) is 2.18. The van der Waals surface area contributed by atoms with E-state index in [2.05, 4.69) is 29.0 Å². The van der Waals surface area contributed by atoms with Gasteiger partial charge in [-0.25, -0.2) is 4.98 Å². The SMILES string of the molecule is CCc1ccsc1-c1nc2cc(C#N)ccc2n1C1CC1. The fraction of sp³-hybridized carbons (Fsp3) is 0.294. The van der Waals surface area contributed by atoms with Gasteiger partial charge < -0.3 is 4.57 Å². The van der Waals surface area contributed by atoms with Crippen molar-refractivity contribution in [3.63, 3.8) is 0 Å². The van der Waals surface area contributed by atoms with Crippen LogP contribution in [0.25, 0.3) is 21.7 Å². The van der Waals surface area contributed by atoms with Gasteiger partial charge in [0.15, 0.2) is 5.82 Å². The summed E-state index contributed by atoms with van der Waals surface area (Å²) in [5.74, 6) is 1.08. The lowest BCUT2D eigenvalue weighted by atomic mass is 10.2. The Balaban J connectivity index is 2.00. The molecule has 4 rings (SSSR count). The molecule has 0 aliphatic heterocycles. The lowest BCUT2D eigenvalue weighted by molar-refractivity contribution is 0.776. The van der Waals surface area contributed by atoms with Gasteiger partial charge in [-0.15, -0.1) is 11.3 Å². The molecule has 0 radical (unpaired) electrons. The Morgan fingerprint density at radius 3 is 2.95 bits per heavy atom. The average Bonchev–Trinajstić information content (AvgIpc) is 3.12. The van der Waals surface area contributed by atoms with Gasteiger partial charge in [-0.1, -0.05) is 6.92 Å². The molecular weight excluding hydrogens is 278 g/mol. The molecule has 21 heavy (non-hydrogen) atoms. The molecule has 0 unspecified atom stereocenters. The van der Waals surface area contributed by atoms with Crippen molar-refractivity contribution in [1.82, 2.24) is 9.55 Å². The third kappa shape index (κ3) is 1.97. The molecule has 0 bridgehead atoms. The minimum atomic E-state index is 0.574. The topological polar surface area (TPSA) is 41.6 Å². The van der Waals surface area contributed by atoms with Gasteiger partial charge in [0.25, 0.3) is 0 Å². The second kappa shape index (κ2) is 4.71. The van der Waals surface area contributed by atoms with Crippen molar-refractivity contribution in [2.75, 3.05) is 0 Å². The Morgan fingerprint density at radius 2 is 2.24 bits per heavy atom. The Labute approximate surface area is 127 Å². The molecule has 0 spiro atoms. The second-order valence-corrected chi connectivity index (χ2v) is 6.40. The van der Waals surface area contributed by atoms with Crippen molar-refractivity contribution in [2.45, 2.75) is 32.2 Å². The van der Waals surface area contributed by atoms with Crippen LogP contribution in [-0.2, 0) is 6.42 Å². The molecule has 1 fully saturated rings. The number of thiophene rings is 1. The Bertz CT molecular complexity index is 862. The summed E-state index contributed by atoms with van der Waals surface area (Å²) in [5.41, 5.74) is 4.13. The quantitative estimate of drug-likeness (QED) is 0.711. The van der Waals surface area contributed by atoms with Crippen molar-refractivity contribution in [2.24, 2.45) is 0 Å². The van der Waals surface area contributed by atoms with Gasteiger partial charge in [0.1, 0.15) is 0 Å². The van der Waals surface area contributed by atoms with Gasteiger partial charge in [-0.3, -0.25) is 0 Å². The van der Waals surface area contributed by atoms with Crippen molar-refractivity contribution in [3.05, 3.63) is 40.8 Å². The highest BCUT2D eigenvalue weighted by Crippen LogP contribution is 2.43. The van der Waals surface area contributed by atoms with E-state index in [1.165, 1.54) is 23.3 Å². The van der Waals surface area contributed by atoms with E-state index >= 15 is 0 Å². The second-order valence-electron chi connectivity index (χ2n) is 5.48. The van der Waals surface area contributed by atoms with E-state index in [4.69, 9.17) is 10.2 Å². The van der Waals surface area contributed by atoms with E-state index in [1.807, 2.05) is 18.2 Å². The van der Waals surface area contributed by atoms with Crippen LogP contribution in [0.4, 0.5) is 0 Å². The molecule has 2 heterocycles. The van der Waals surface area contributed by atoms with E-state index in [0.29, 0.717) is 11.6 Å². The highest BCUT2D eigenvalue weighted by atomic mass is 32.1. The van der Waals surface area contributed by atoms with Gasteiger partial charge in [0.2, 0.25) is 0 Å². The summed E-state index contributed by atoms with van der Waals surface area (Å²) < 4.78 is 2.38. The number of benzene rings is 1. The van der Waals surface area contributed by atoms with Crippen LogP contribution in [0.15, 0.2) is 29.6 Å². The molecule has 104 valence electrons. The third-order valence-corrected chi connectivity index (χ3v) is 5.01. The van der Waals surface area contributed by atoms with Gasteiger partial charge in [-0.05, 0) is 54.5 Å². The fourth-order valence-corrected chi connectivity index (χ4v) is 3.82. The van der Waals surface area contributed by atoms with Crippen LogP contribution in [0.3, 0.4) is 0 Å². The summed E-state index contributed by atoms with van der Waals surface area (Å²) in [6, 6.07) is 10.8. The minimum absolute atomic E-state index is 0.574. The maximum atomic E-state index is 9.08. The summed E-state index contributed by atoms with van der Waals surface area (Å²) in [5, 5.41) is 11.2. The van der Waals surface area contributed by atoms with E-state index in [1.54, 1.807) is 11.3 Å². The first-order valence-electron chi connectivity index (χ1n) is 7.30. The molecule has 1 saturated carbocycles. The maximum absolute atomic E-state index is 9.08. The lowest BCUT2D eigenvalue weighted by Crippen LogP contribution is -1.97. The number of hydrogen-bond acceptors (Lipinski definition) is 3. The van der Waals surface area contributed by atoms with Gasteiger partial charge in [-0.2, -0.15) is 5.26 Å². The van der Waals surface area contributed by atoms with Gasteiger partial charge in [0.05, 0.1) is 27.5 Å². The van der Waals surface area contributed by atoms with E-state index in [-0.39, 0.29) is 0 Å². The molecule has 2 aromatic heterocycles. The van der Waals surface area contributed by atoms with Crippen LogP contribution in [0.1, 0.15) is 36.9 Å². The van der Waals surface area contributed by atoms with Gasteiger partial charge >= 0.3 is 0 Å². The number of imidazole rings is 1. The molecular formula is C17H15N3S. The van der Waals surface area contributed by atoms with Crippen LogP contribution >= 0.6 is 11.3 Å². The fourth-order valence-electron chi connectivity index (χ4n) is 2.84. The van der Waals surface area contributed by atoms with E-state index in [9.17, 15) is 0 Å². The molecule has 0 amide bonds. The number of aryl methyl sites for hydroxylation is 1. The molecule has 0 N–H and O–H groups in total. The number of fused-ring (bicyclic) bond motifs is 1. The Morgan fingerprint density at radius 1 is 1.38 bits per heavy atom. The zero-order valence-corrected chi connectivity index (χ0v) is 12.7. The minimum Gasteiger partial charge on any atom is -0.320 e. The van der Waals surface area contributed by atoms with Crippen molar-refractivity contribution in [3.8, 4) is 16.8 Å². The average molecular weight is 293 g/mol. The zero-order valence-electron chi connectivity index (χ0n) is 11.8. The van der Waals surface area contributed by atoms with Crippen LogP contribution < -0.4 is 0 Å². The van der Waals surface area contributed by atoms with Gasteiger partial charge in [0, 0.05) is 6.04 Å². The third-order valence-electron chi connectivity index (χ3n) is 4.06. The zero-order chi connectivity index (χ0) is 14.4. The number of aromatic nitrogens is 2. The maximum Gasteiger partial charge on any atom is 0.151 e.